The first-order valence-electron chi connectivity index (χ1n) is 5.46. The summed E-state index contributed by atoms with van der Waals surface area (Å²) in [5.41, 5.74) is 5.47. The van der Waals surface area contributed by atoms with E-state index in [1.54, 1.807) is 6.92 Å². The molecule has 0 aromatic heterocycles. The predicted octanol–water partition coefficient (Wildman–Crippen LogP) is 1.57. The van der Waals surface area contributed by atoms with E-state index in [4.69, 9.17) is 5.73 Å². The maximum Gasteiger partial charge on any atom is 0.223 e. The van der Waals surface area contributed by atoms with E-state index < -0.39 is 11.6 Å². The number of nitrogens with one attached hydrogen (secondary N) is 1. The van der Waals surface area contributed by atoms with Gasteiger partial charge in [0.1, 0.15) is 11.6 Å². The van der Waals surface area contributed by atoms with Crippen LogP contribution in [0.25, 0.3) is 0 Å². The van der Waals surface area contributed by atoms with Crippen molar-refractivity contribution in [2.24, 2.45) is 11.7 Å². The van der Waals surface area contributed by atoms with Crippen LogP contribution in [0, 0.1) is 17.6 Å². The van der Waals surface area contributed by atoms with Gasteiger partial charge in [0.15, 0.2) is 0 Å². The number of rotatable bonds is 5. The molecule has 17 heavy (non-hydrogen) atoms. The van der Waals surface area contributed by atoms with Crippen molar-refractivity contribution in [3.8, 4) is 0 Å². The molecule has 5 heteroatoms. The topological polar surface area (TPSA) is 55.1 Å². The van der Waals surface area contributed by atoms with Crippen LogP contribution in [0.4, 0.5) is 8.78 Å². The van der Waals surface area contributed by atoms with Gasteiger partial charge in [-0.2, -0.15) is 0 Å². The van der Waals surface area contributed by atoms with E-state index >= 15 is 0 Å². The van der Waals surface area contributed by atoms with Gasteiger partial charge in [-0.1, -0.05) is 6.92 Å². The quantitative estimate of drug-likeness (QED) is 0.823. The van der Waals surface area contributed by atoms with Crippen LogP contribution >= 0.6 is 0 Å². The molecular weight excluding hydrogens is 226 g/mol. The second-order valence-corrected chi connectivity index (χ2v) is 3.93. The van der Waals surface area contributed by atoms with Crippen molar-refractivity contribution < 1.29 is 13.6 Å². The Hall–Kier alpha value is -1.49. The number of amides is 1. The number of carbonyl (C=O) groups excluding carboxylic acids is 1. The fourth-order valence-corrected chi connectivity index (χ4v) is 1.42. The number of carbonyl (C=O) groups is 1. The van der Waals surface area contributed by atoms with Crippen molar-refractivity contribution in [2.75, 3.05) is 6.54 Å². The Kier molecular flexibility index (Phi) is 5.03. The molecule has 1 aromatic rings. The zero-order valence-electron chi connectivity index (χ0n) is 9.67. The molecule has 1 atom stereocenters. The second-order valence-electron chi connectivity index (χ2n) is 3.93. The number of halogens is 2. The van der Waals surface area contributed by atoms with Crippen LogP contribution in [-0.2, 0) is 11.3 Å². The molecule has 3 nitrogen and oxygen atoms in total. The summed E-state index contributed by atoms with van der Waals surface area (Å²) >= 11 is 0. The molecule has 0 saturated heterocycles. The molecule has 1 amide bonds. The van der Waals surface area contributed by atoms with Crippen LogP contribution in [0.5, 0.6) is 0 Å². The van der Waals surface area contributed by atoms with Crippen molar-refractivity contribution in [3.63, 3.8) is 0 Å². The largest absolute Gasteiger partial charge is 0.352 e. The molecule has 94 valence electrons. The Morgan fingerprint density at radius 2 is 2.18 bits per heavy atom. The highest BCUT2D eigenvalue weighted by molar-refractivity contribution is 5.78. The number of hydrogen-bond donors (Lipinski definition) is 2. The van der Waals surface area contributed by atoms with E-state index in [0.717, 1.165) is 18.2 Å². The van der Waals surface area contributed by atoms with Crippen LogP contribution in [0.2, 0.25) is 0 Å². The summed E-state index contributed by atoms with van der Waals surface area (Å²) in [5.74, 6) is -1.49. The lowest BCUT2D eigenvalue weighted by Gasteiger charge is -2.11. The van der Waals surface area contributed by atoms with Crippen LogP contribution in [0.15, 0.2) is 18.2 Å². The summed E-state index contributed by atoms with van der Waals surface area (Å²) in [6.45, 7) is 2.14. The van der Waals surface area contributed by atoms with Gasteiger partial charge < -0.3 is 11.1 Å². The summed E-state index contributed by atoms with van der Waals surface area (Å²) < 4.78 is 26.1. The average Bonchev–Trinajstić information content (AvgIpc) is 2.30. The Balaban J connectivity index is 2.55. The Morgan fingerprint density at radius 1 is 1.47 bits per heavy atom. The van der Waals surface area contributed by atoms with E-state index in [2.05, 4.69) is 5.32 Å². The third-order valence-corrected chi connectivity index (χ3v) is 2.51. The minimum atomic E-state index is -0.529. The fraction of sp³-hybridized carbons (Fsp3) is 0.417. The van der Waals surface area contributed by atoms with Gasteiger partial charge in [-0.15, -0.1) is 0 Å². The highest BCUT2D eigenvalue weighted by Gasteiger charge is 2.12. The summed E-state index contributed by atoms with van der Waals surface area (Å²) in [6, 6.07) is 3.15. The summed E-state index contributed by atoms with van der Waals surface area (Å²) in [6.07, 6.45) is 0.567. The van der Waals surface area contributed by atoms with Crippen LogP contribution in [0.1, 0.15) is 18.9 Å². The lowest BCUT2D eigenvalue weighted by Crippen LogP contribution is -2.30. The van der Waals surface area contributed by atoms with Crippen molar-refractivity contribution in [1.82, 2.24) is 5.32 Å². The number of hydrogen-bond acceptors (Lipinski definition) is 2. The summed E-state index contributed by atoms with van der Waals surface area (Å²) in [5, 5.41) is 2.55. The molecule has 0 saturated carbocycles. The molecule has 3 N–H and O–H groups in total. The van der Waals surface area contributed by atoms with Gasteiger partial charge in [0.2, 0.25) is 5.91 Å². The van der Waals surface area contributed by atoms with Crippen molar-refractivity contribution >= 4 is 5.91 Å². The van der Waals surface area contributed by atoms with E-state index in [-0.39, 0.29) is 23.9 Å². The first kappa shape index (κ1) is 13.6. The standard InChI is InChI=1S/C12H16F2N2O/c1-8(4-5-15)12(17)16-7-9-6-10(13)2-3-11(9)14/h2-3,6,8H,4-5,7,15H2,1H3,(H,16,17). The highest BCUT2D eigenvalue weighted by atomic mass is 19.1. The Morgan fingerprint density at radius 3 is 2.82 bits per heavy atom. The zero-order chi connectivity index (χ0) is 12.8. The summed E-state index contributed by atoms with van der Waals surface area (Å²) in [4.78, 5) is 11.5. The molecule has 1 rings (SSSR count). The van der Waals surface area contributed by atoms with E-state index in [0.29, 0.717) is 13.0 Å². The molecular formula is C12H16F2N2O. The average molecular weight is 242 g/mol. The summed E-state index contributed by atoms with van der Waals surface area (Å²) in [7, 11) is 0. The molecule has 0 fully saturated rings. The first-order valence-corrected chi connectivity index (χ1v) is 5.46. The SMILES string of the molecule is CC(CCN)C(=O)NCc1cc(F)ccc1F. The maximum atomic E-state index is 13.2. The number of nitrogens with two attached hydrogens (primary N) is 1. The minimum Gasteiger partial charge on any atom is -0.352 e. The number of benzene rings is 1. The third kappa shape index (κ3) is 4.11. The van der Waals surface area contributed by atoms with Gasteiger partial charge in [-0.25, -0.2) is 8.78 Å². The van der Waals surface area contributed by atoms with Crippen molar-refractivity contribution in [3.05, 3.63) is 35.4 Å². The molecule has 0 aliphatic heterocycles. The van der Waals surface area contributed by atoms with E-state index in [1.165, 1.54) is 0 Å². The lowest BCUT2D eigenvalue weighted by molar-refractivity contribution is -0.124. The van der Waals surface area contributed by atoms with Gasteiger partial charge in [0.25, 0.3) is 0 Å². The molecule has 0 heterocycles. The normalized spacial score (nSPS) is 12.2. The molecule has 1 aromatic carbocycles. The predicted molar refractivity (Wildman–Crippen MR) is 61.0 cm³/mol. The van der Waals surface area contributed by atoms with Gasteiger partial charge in [-0.3, -0.25) is 4.79 Å². The first-order chi connectivity index (χ1) is 8.04. The van der Waals surface area contributed by atoms with E-state index in [9.17, 15) is 13.6 Å². The van der Waals surface area contributed by atoms with Gasteiger partial charge >= 0.3 is 0 Å². The van der Waals surface area contributed by atoms with Gasteiger partial charge in [0.05, 0.1) is 0 Å². The van der Waals surface area contributed by atoms with Gasteiger partial charge in [0, 0.05) is 18.0 Å². The van der Waals surface area contributed by atoms with Crippen LogP contribution in [0.3, 0.4) is 0 Å². The van der Waals surface area contributed by atoms with Crippen LogP contribution < -0.4 is 11.1 Å². The zero-order valence-corrected chi connectivity index (χ0v) is 9.67. The van der Waals surface area contributed by atoms with E-state index in [1.807, 2.05) is 0 Å². The fourth-order valence-electron chi connectivity index (χ4n) is 1.42. The molecule has 1 unspecified atom stereocenters. The Bertz CT molecular complexity index is 396. The maximum absolute atomic E-state index is 13.2. The highest BCUT2D eigenvalue weighted by Crippen LogP contribution is 2.09. The minimum absolute atomic E-state index is 0.0165. The molecule has 0 bridgehead atoms. The van der Waals surface area contributed by atoms with Gasteiger partial charge in [-0.05, 0) is 31.2 Å². The van der Waals surface area contributed by atoms with Crippen molar-refractivity contribution in [2.45, 2.75) is 19.9 Å². The Labute approximate surface area is 99.0 Å². The third-order valence-electron chi connectivity index (χ3n) is 2.51. The second kappa shape index (κ2) is 6.30. The molecule has 0 radical (unpaired) electrons. The monoisotopic (exact) mass is 242 g/mol. The van der Waals surface area contributed by atoms with Crippen LogP contribution in [-0.4, -0.2) is 12.5 Å². The molecule has 0 spiro atoms. The molecule has 0 aliphatic rings. The van der Waals surface area contributed by atoms with Crippen molar-refractivity contribution in [1.29, 1.82) is 0 Å². The lowest BCUT2D eigenvalue weighted by atomic mass is 10.1. The smallest absolute Gasteiger partial charge is 0.223 e. The molecule has 0 aliphatic carbocycles.